The van der Waals surface area contributed by atoms with Crippen LogP contribution >= 0.6 is 0 Å². The number of furan rings is 1. The van der Waals surface area contributed by atoms with Gasteiger partial charge in [-0.15, -0.1) is 0 Å². The van der Waals surface area contributed by atoms with E-state index in [1.165, 1.54) is 31.7 Å². The van der Waals surface area contributed by atoms with Crippen LogP contribution in [0.15, 0.2) is 16.5 Å². The summed E-state index contributed by atoms with van der Waals surface area (Å²) in [5.41, 5.74) is 0.221. The first-order chi connectivity index (χ1) is 9.03. The second-order valence-corrected chi connectivity index (χ2v) is 5.43. The largest absolute Gasteiger partial charge is 0.433 e. The van der Waals surface area contributed by atoms with E-state index in [0.717, 1.165) is 6.54 Å². The summed E-state index contributed by atoms with van der Waals surface area (Å²) >= 11 is 0. The highest BCUT2D eigenvalue weighted by Gasteiger charge is 2.35. The van der Waals surface area contributed by atoms with Crippen LogP contribution in [-0.2, 0) is 6.54 Å². The number of nitrogens with one attached hydrogen (secondary N) is 1. The van der Waals surface area contributed by atoms with Crippen molar-refractivity contribution < 1.29 is 9.34 Å². The van der Waals surface area contributed by atoms with Gasteiger partial charge in [-0.05, 0) is 33.0 Å². The van der Waals surface area contributed by atoms with Gasteiger partial charge in [0, 0.05) is 12.1 Å². The molecule has 0 atom stereocenters. The topological polar surface area (TPSA) is 71.5 Å². The predicted octanol–water partition coefficient (Wildman–Crippen LogP) is 2.15. The van der Waals surface area contributed by atoms with Crippen molar-refractivity contribution in [3.63, 3.8) is 0 Å². The van der Waals surface area contributed by atoms with Crippen LogP contribution in [0.4, 0.5) is 5.88 Å². The average Bonchev–Trinajstić information content (AvgIpc) is 2.98. The van der Waals surface area contributed by atoms with Crippen molar-refractivity contribution in [2.24, 2.45) is 0 Å². The summed E-state index contributed by atoms with van der Waals surface area (Å²) in [6.45, 7) is 1.41. The SMILES string of the molecule is CN(C)C1(CNCc2ccc([N+](=O)[O-])o2)CCCC1. The van der Waals surface area contributed by atoms with Crippen LogP contribution in [0.1, 0.15) is 31.4 Å². The van der Waals surface area contributed by atoms with Gasteiger partial charge in [0.2, 0.25) is 0 Å². The maximum Gasteiger partial charge on any atom is 0.433 e. The summed E-state index contributed by atoms with van der Waals surface area (Å²) in [4.78, 5) is 12.3. The molecule has 106 valence electrons. The Bertz CT molecular complexity index is 436. The highest BCUT2D eigenvalue weighted by molar-refractivity contribution is 5.17. The van der Waals surface area contributed by atoms with Crippen LogP contribution in [0.3, 0.4) is 0 Å². The Morgan fingerprint density at radius 2 is 2.11 bits per heavy atom. The van der Waals surface area contributed by atoms with Crippen LogP contribution in [-0.4, -0.2) is 36.0 Å². The minimum Gasteiger partial charge on any atom is -0.404 e. The molecule has 1 aromatic heterocycles. The fraction of sp³-hybridized carbons (Fsp3) is 0.692. The van der Waals surface area contributed by atoms with E-state index in [-0.39, 0.29) is 11.4 Å². The molecule has 1 N–H and O–H groups in total. The monoisotopic (exact) mass is 267 g/mol. The molecule has 1 aliphatic rings. The van der Waals surface area contributed by atoms with Gasteiger partial charge in [0.25, 0.3) is 0 Å². The molecule has 0 bridgehead atoms. The van der Waals surface area contributed by atoms with Crippen LogP contribution in [0.25, 0.3) is 0 Å². The molecule has 6 nitrogen and oxygen atoms in total. The van der Waals surface area contributed by atoms with E-state index >= 15 is 0 Å². The third-order valence-electron chi connectivity index (χ3n) is 4.06. The van der Waals surface area contributed by atoms with Gasteiger partial charge in [0.05, 0.1) is 12.6 Å². The highest BCUT2D eigenvalue weighted by atomic mass is 16.6. The fourth-order valence-electron chi connectivity index (χ4n) is 2.79. The van der Waals surface area contributed by atoms with Gasteiger partial charge in [-0.3, -0.25) is 10.1 Å². The minimum absolute atomic E-state index is 0.194. The van der Waals surface area contributed by atoms with E-state index in [1.807, 2.05) is 0 Å². The lowest BCUT2D eigenvalue weighted by Gasteiger charge is -2.36. The molecular formula is C13H21N3O3. The van der Waals surface area contributed by atoms with Gasteiger partial charge in [-0.25, -0.2) is 0 Å². The van der Waals surface area contributed by atoms with E-state index < -0.39 is 4.92 Å². The first-order valence-corrected chi connectivity index (χ1v) is 6.65. The summed E-state index contributed by atoms with van der Waals surface area (Å²) in [5.74, 6) is 0.415. The molecule has 6 heteroatoms. The molecule has 1 heterocycles. The van der Waals surface area contributed by atoms with Crippen molar-refractivity contribution in [3.8, 4) is 0 Å². The highest BCUT2D eigenvalue weighted by Crippen LogP contribution is 2.33. The Morgan fingerprint density at radius 1 is 1.42 bits per heavy atom. The zero-order valence-corrected chi connectivity index (χ0v) is 11.5. The Balaban J connectivity index is 1.86. The Kier molecular flexibility index (Phi) is 4.21. The third kappa shape index (κ3) is 3.13. The molecule has 0 aromatic carbocycles. The maximum atomic E-state index is 10.5. The summed E-state index contributed by atoms with van der Waals surface area (Å²) in [6, 6.07) is 3.05. The molecule has 1 saturated carbocycles. The van der Waals surface area contributed by atoms with Crippen molar-refractivity contribution >= 4 is 5.88 Å². The average molecular weight is 267 g/mol. The molecule has 1 aliphatic carbocycles. The third-order valence-corrected chi connectivity index (χ3v) is 4.06. The molecular weight excluding hydrogens is 246 g/mol. The van der Waals surface area contributed by atoms with Gasteiger partial charge in [-0.2, -0.15) is 0 Å². The fourth-order valence-corrected chi connectivity index (χ4v) is 2.79. The lowest BCUT2D eigenvalue weighted by atomic mass is 9.96. The van der Waals surface area contributed by atoms with Gasteiger partial charge in [-0.1, -0.05) is 12.8 Å². The van der Waals surface area contributed by atoms with E-state index in [9.17, 15) is 10.1 Å². The van der Waals surface area contributed by atoms with Crippen molar-refractivity contribution in [1.82, 2.24) is 10.2 Å². The normalized spacial score (nSPS) is 18.1. The second kappa shape index (κ2) is 5.71. The van der Waals surface area contributed by atoms with Gasteiger partial charge >= 0.3 is 5.88 Å². The number of hydrogen-bond donors (Lipinski definition) is 1. The lowest BCUT2D eigenvalue weighted by Crippen LogP contribution is -2.49. The zero-order valence-electron chi connectivity index (χ0n) is 11.5. The maximum absolute atomic E-state index is 10.5. The number of likely N-dealkylation sites (N-methyl/N-ethyl adjacent to an activating group) is 1. The van der Waals surface area contributed by atoms with E-state index in [2.05, 4.69) is 24.3 Å². The van der Waals surface area contributed by atoms with Gasteiger partial charge in [0.1, 0.15) is 10.7 Å². The van der Waals surface area contributed by atoms with Crippen molar-refractivity contribution in [2.45, 2.75) is 37.8 Å². The molecule has 19 heavy (non-hydrogen) atoms. The molecule has 0 aliphatic heterocycles. The lowest BCUT2D eigenvalue weighted by molar-refractivity contribution is -0.402. The van der Waals surface area contributed by atoms with Crippen LogP contribution in [0.5, 0.6) is 0 Å². The summed E-state index contributed by atoms with van der Waals surface area (Å²) in [5, 5.41) is 13.9. The summed E-state index contributed by atoms with van der Waals surface area (Å²) < 4.78 is 5.13. The van der Waals surface area contributed by atoms with Crippen molar-refractivity contribution in [3.05, 3.63) is 28.0 Å². The number of nitro groups is 1. The Morgan fingerprint density at radius 3 is 2.63 bits per heavy atom. The standard InChI is InChI=1S/C13H21N3O3/c1-15(2)13(7-3-4-8-13)10-14-9-11-5-6-12(19-11)16(17)18/h5-6,14H,3-4,7-10H2,1-2H3. The minimum atomic E-state index is -0.512. The van der Waals surface area contributed by atoms with E-state index in [4.69, 9.17) is 4.42 Å². The molecule has 1 aromatic rings. The zero-order chi connectivity index (χ0) is 13.9. The Hall–Kier alpha value is -1.40. The quantitative estimate of drug-likeness (QED) is 0.631. The predicted molar refractivity (Wildman–Crippen MR) is 72.0 cm³/mol. The van der Waals surface area contributed by atoms with Crippen LogP contribution in [0.2, 0.25) is 0 Å². The molecule has 1 fully saturated rings. The van der Waals surface area contributed by atoms with Crippen molar-refractivity contribution in [1.29, 1.82) is 0 Å². The number of rotatable bonds is 6. The molecule has 0 saturated heterocycles. The summed E-state index contributed by atoms with van der Waals surface area (Å²) in [7, 11) is 4.23. The van der Waals surface area contributed by atoms with E-state index in [1.54, 1.807) is 6.07 Å². The summed E-state index contributed by atoms with van der Waals surface area (Å²) in [6.07, 6.45) is 4.94. The van der Waals surface area contributed by atoms with E-state index in [0.29, 0.717) is 12.3 Å². The molecule has 0 amide bonds. The smallest absolute Gasteiger partial charge is 0.404 e. The number of hydrogen-bond acceptors (Lipinski definition) is 5. The van der Waals surface area contributed by atoms with Crippen LogP contribution in [0, 0.1) is 10.1 Å². The first kappa shape index (κ1) is 14.0. The first-order valence-electron chi connectivity index (χ1n) is 6.65. The molecule has 2 rings (SSSR count). The number of nitrogens with zero attached hydrogens (tertiary/aromatic N) is 2. The molecule has 0 radical (unpaired) electrons. The Labute approximate surface area is 112 Å². The second-order valence-electron chi connectivity index (χ2n) is 5.43. The molecule has 0 spiro atoms. The van der Waals surface area contributed by atoms with Gasteiger partial charge < -0.3 is 14.6 Å². The van der Waals surface area contributed by atoms with Crippen LogP contribution < -0.4 is 5.32 Å². The molecule has 0 unspecified atom stereocenters. The van der Waals surface area contributed by atoms with Crippen molar-refractivity contribution in [2.75, 3.05) is 20.6 Å². The van der Waals surface area contributed by atoms with Gasteiger partial charge in [0.15, 0.2) is 0 Å².